The number of nitrogens with zero attached hydrogens (tertiary/aromatic N) is 1. The molecule has 0 aromatic heterocycles. The highest BCUT2D eigenvalue weighted by atomic mass is 35.5. The molecule has 2 heterocycles. The highest BCUT2D eigenvalue weighted by Gasteiger charge is 2.35. The van der Waals surface area contributed by atoms with Crippen LogP contribution >= 0.6 is 12.4 Å². The third-order valence-corrected chi connectivity index (χ3v) is 4.77. The molecule has 2 N–H and O–H groups in total. The van der Waals surface area contributed by atoms with Gasteiger partial charge in [0.1, 0.15) is 0 Å². The van der Waals surface area contributed by atoms with Crippen molar-refractivity contribution in [1.29, 1.82) is 0 Å². The summed E-state index contributed by atoms with van der Waals surface area (Å²) >= 11 is 0. The predicted octanol–water partition coefficient (Wildman–Crippen LogP) is 1.97. The van der Waals surface area contributed by atoms with Crippen LogP contribution in [0.25, 0.3) is 0 Å². The molecule has 2 fully saturated rings. The summed E-state index contributed by atoms with van der Waals surface area (Å²) in [4.78, 5) is 14.5. The second-order valence-corrected chi connectivity index (χ2v) is 6.69. The summed E-state index contributed by atoms with van der Waals surface area (Å²) in [6.07, 6.45) is 1.78. The van der Waals surface area contributed by atoms with Crippen molar-refractivity contribution in [3.8, 4) is 0 Å². The standard InChI is InChI=1S/C17H25N3O.ClH/c1-17(7-8-18-12-17)13-20-10-9-19-16(21)11-15(20)14-5-3-2-4-6-14;/h2-6,15,18H,7-13H2,1H3,(H,19,21);1H. The van der Waals surface area contributed by atoms with E-state index in [9.17, 15) is 4.79 Å². The summed E-state index contributed by atoms with van der Waals surface area (Å²) in [6.45, 7) is 7.28. The fourth-order valence-electron chi connectivity index (χ4n) is 3.56. The van der Waals surface area contributed by atoms with Crippen molar-refractivity contribution in [2.24, 2.45) is 5.41 Å². The van der Waals surface area contributed by atoms with Crippen molar-refractivity contribution in [2.75, 3.05) is 32.7 Å². The van der Waals surface area contributed by atoms with E-state index in [1.54, 1.807) is 0 Å². The molecule has 5 heteroatoms. The zero-order chi connectivity index (χ0) is 14.7. The molecule has 1 aromatic rings. The average molecular weight is 324 g/mol. The molecule has 3 rings (SSSR count). The smallest absolute Gasteiger partial charge is 0.221 e. The molecule has 0 saturated carbocycles. The van der Waals surface area contributed by atoms with Crippen molar-refractivity contribution in [3.63, 3.8) is 0 Å². The fraction of sp³-hybridized carbons (Fsp3) is 0.588. The third-order valence-electron chi connectivity index (χ3n) is 4.77. The van der Waals surface area contributed by atoms with Gasteiger partial charge < -0.3 is 10.6 Å². The number of benzene rings is 1. The van der Waals surface area contributed by atoms with Crippen LogP contribution in [0.2, 0.25) is 0 Å². The molecule has 2 aliphatic rings. The molecule has 0 bridgehead atoms. The minimum absolute atomic E-state index is 0. The van der Waals surface area contributed by atoms with Gasteiger partial charge in [-0.15, -0.1) is 12.4 Å². The largest absolute Gasteiger partial charge is 0.355 e. The topological polar surface area (TPSA) is 44.4 Å². The van der Waals surface area contributed by atoms with Crippen molar-refractivity contribution < 1.29 is 4.79 Å². The van der Waals surface area contributed by atoms with Crippen LogP contribution in [0.3, 0.4) is 0 Å². The summed E-state index contributed by atoms with van der Waals surface area (Å²) in [7, 11) is 0. The van der Waals surface area contributed by atoms with E-state index < -0.39 is 0 Å². The second-order valence-electron chi connectivity index (χ2n) is 6.69. The summed E-state index contributed by atoms with van der Waals surface area (Å²) in [6, 6.07) is 10.7. The van der Waals surface area contributed by atoms with E-state index in [0.29, 0.717) is 11.8 Å². The van der Waals surface area contributed by atoms with Crippen LogP contribution in [0.4, 0.5) is 0 Å². The van der Waals surface area contributed by atoms with Crippen molar-refractivity contribution in [3.05, 3.63) is 35.9 Å². The quantitative estimate of drug-likeness (QED) is 0.894. The molecule has 2 saturated heterocycles. The molecule has 0 radical (unpaired) electrons. The normalized spacial score (nSPS) is 29.5. The first kappa shape index (κ1) is 17.3. The van der Waals surface area contributed by atoms with Gasteiger partial charge in [0.25, 0.3) is 0 Å². The van der Waals surface area contributed by atoms with Gasteiger partial charge in [-0.1, -0.05) is 37.3 Å². The molecule has 2 atom stereocenters. The van der Waals surface area contributed by atoms with Gasteiger partial charge in [-0.3, -0.25) is 9.69 Å². The molecule has 2 aliphatic heterocycles. The minimum Gasteiger partial charge on any atom is -0.355 e. The van der Waals surface area contributed by atoms with E-state index in [-0.39, 0.29) is 24.4 Å². The molecule has 22 heavy (non-hydrogen) atoms. The van der Waals surface area contributed by atoms with Gasteiger partial charge in [0.15, 0.2) is 0 Å². The second kappa shape index (κ2) is 7.44. The van der Waals surface area contributed by atoms with Crippen molar-refractivity contribution >= 4 is 18.3 Å². The molecular formula is C17H26ClN3O. The zero-order valence-electron chi connectivity index (χ0n) is 13.2. The van der Waals surface area contributed by atoms with Gasteiger partial charge >= 0.3 is 0 Å². The lowest BCUT2D eigenvalue weighted by molar-refractivity contribution is -0.121. The molecule has 4 nitrogen and oxygen atoms in total. The Hall–Kier alpha value is -1.10. The number of carbonyl (C=O) groups is 1. The Kier molecular flexibility index (Phi) is 5.84. The summed E-state index contributed by atoms with van der Waals surface area (Å²) in [5.74, 6) is 0.168. The van der Waals surface area contributed by atoms with E-state index in [1.165, 1.54) is 12.0 Å². The Morgan fingerprint density at radius 2 is 2.05 bits per heavy atom. The van der Waals surface area contributed by atoms with Gasteiger partial charge in [0.2, 0.25) is 5.91 Å². The van der Waals surface area contributed by atoms with Crippen LogP contribution in [-0.4, -0.2) is 43.5 Å². The first-order chi connectivity index (χ1) is 10.2. The Balaban J connectivity index is 0.00000176. The minimum atomic E-state index is 0. The maximum atomic E-state index is 12.0. The average Bonchev–Trinajstić information content (AvgIpc) is 2.82. The molecule has 2 unspecified atom stereocenters. The van der Waals surface area contributed by atoms with E-state index in [0.717, 1.165) is 32.7 Å². The van der Waals surface area contributed by atoms with E-state index in [4.69, 9.17) is 0 Å². The van der Waals surface area contributed by atoms with Crippen LogP contribution in [0.1, 0.15) is 31.4 Å². The molecule has 1 aromatic carbocycles. The monoisotopic (exact) mass is 323 g/mol. The number of carbonyl (C=O) groups excluding carboxylic acids is 1. The fourth-order valence-corrected chi connectivity index (χ4v) is 3.56. The lowest BCUT2D eigenvalue weighted by atomic mass is 9.88. The Morgan fingerprint density at radius 3 is 2.73 bits per heavy atom. The van der Waals surface area contributed by atoms with E-state index >= 15 is 0 Å². The van der Waals surface area contributed by atoms with Crippen molar-refractivity contribution in [2.45, 2.75) is 25.8 Å². The SMILES string of the molecule is CC1(CN2CCNC(=O)CC2c2ccccc2)CCNC1.Cl. The molecular weight excluding hydrogens is 298 g/mol. The molecule has 0 aliphatic carbocycles. The number of nitrogens with one attached hydrogen (secondary N) is 2. The summed E-state index contributed by atoms with van der Waals surface area (Å²) < 4.78 is 0. The van der Waals surface area contributed by atoms with Crippen LogP contribution in [-0.2, 0) is 4.79 Å². The zero-order valence-corrected chi connectivity index (χ0v) is 14.0. The number of halogens is 1. The van der Waals surface area contributed by atoms with Gasteiger partial charge in [-0.25, -0.2) is 0 Å². The molecule has 1 amide bonds. The van der Waals surface area contributed by atoms with Crippen LogP contribution < -0.4 is 10.6 Å². The Bertz CT molecular complexity index is 488. The Labute approximate surface area is 139 Å². The molecule has 0 spiro atoms. The van der Waals surface area contributed by atoms with E-state index in [2.05, 4.69) is 46.7 Å². The molecule has 122 valence electrons. The van der Waals surface area contributed by atoms with Crippen molar-refractivity contribution in [1.82, 2.24) is 15.5 Å². The number of amides is 1. The van der Waals surface area contributed by atoms with Crippen LogP contribution in [0.15, 0.2) is 30.3 Å². The lowest BCUT2D eigenvalue weighted by Gasteiger charge is -2.36. The Morgan fingerprint density at radius 1 is 1.27 bits per heavy atom. The van der Waals surface area contributed by atoms with Gasteiger partial charge in [-0.2, -0.15) is 0 Å². The first-order valence-electron chi connectivity index (χ1n) is 7.93. The van der Waals surface area contributed by atoms with Gasteiger partial charge in [0.05, 0.1) is 0 Å². The van der Waals surface area contributed by atoms with Gasteiger partial charge in [-0.05, 0) is 23.9 Å². The summed E-state index contributed by atoms with van der Waals surface area (Å²) in [5.41, 5.74) is 1.57. The van der Waals surface area contributed by atoms with E-state index in [1.807, 2.05) is 6.07 Å². The number of hydrogen-bond donors (Lipinski definition) is 2. The third kappa shape index (κ3) is 4.00. The lowest BCUT2D eigenvalue weighted by Crippen LogP contribution is -2.40. The van der Waals surface area contributed by atoms with Gasteiger partial charge in [0, 0.05) is 38.6 Å². The number of rotatable bonds is 3. The highest BCUT2D eigenvalue weighted by Crippen LogP contribution is 2.32. The predicted molar refractivity (Wildman–Crippen MR) is 91.2 cm³/mol. The maximum Gasteiger partial charge on any atom is 0.221 e. The number of hydrogen-bond acceptors (Lipinski definition) is 3. The maximum absolute atomic E-state index is 12.0. The van der Waals surface area contributed by atoms with Crippen LogP contribution in [0.5, 0.6) is 0 Å². The highest BCUT2D eigenvalue weighted by molar-refractivity contribution is 5.85. The first-order valence-corrected chi connectivity index (χ1v) is 7.93. The van der Waals surface area contributed by atoms with Crippen LogP contribution in [0, 0.1) is 5.41 Å². The summed E-state index contributed by atoms with van der Waals surface area (Å²) in [5, 5.41) is 6.49.